The van der Waals surface area contributed by atoms with Gasteiger partial charge in [-0.2, -0.15) is 5.26 Å². The molecule has 0 bridgehead atoms. The van der Waals surface area contributed by atoms with Crippen molar-refractivity contribution in [1.82, 2.24) is 14.9 Å². The number of rotatable bonds is 2. The van der Waals surface area contributed by atoms with Gasteiger partial charge in [-0.15, -0.1) is 0 Å². The summed E-state index contributed by atoms with van der Waals surface area (Å²) in [6.45, 7) is 0.937. The molecule has 1 aliphatic rings. The van der Waals surface area contributed by atoms with Gasteiger partial charge < -0.3 is 9.88 Å². The van der Waals surface area contributed by atoms with Crippen LogP contribution in [-0.2, 0) is 0 Å². The summed E-state index contributed by atoms with van der Waals surface area (Å²) in [5.74, 6) is -0.0951. The van der Waals surface area contributed by atoms with Crippen molar-refractivity contribution in [1.29, 1.82) is 5.26 Å². The predicted molar refractivity (Wildman–Crippen MR) is 84.5 cm³/mol. The molecule has 1 fully saturated rings. The van der Waals surface area contributed by atoms with Crippen molar-refractivity contribution >= 4 is 5.91 Å². The molecular formula is C17H16N4O2. The van der Waals surface area contributed by atoms with Crippen LogP contribution in [0.25, 0.3) is 11.4 Å². The fourth-order valence-corrected chi connectivity index (χ4v) is 2.73. The Morgan fingerprint density at radius 2 is 2.13 bits per heavy atom. The molecule has 1 aromatic carbocycles. The van der Waals surface area contributed by atoms with E-state index in [1.54, 1.807) is 4.90 Å². The fraction of sp³-hybridized carbons (Fsp3) is 0.294. The van der Waals surface area contributed by atoms with Gasteiger partial charge >= 0.3 is 0 Å². The molecule has 1 aliphatic heterocycles. The molecule has 1 unspecified atom stereocenters. The lowest BCUT2D eigenvalue weighted by Crippen LogP contribution is -2.41. The van der Waals surface area contributed by atoms with Gasteiger partial charge in [-0.05, 0) is 12.8 Å². The van der Waals surface area contributed by atoms with E-state index in [2.05, 4.69) is 16.0 Å². The van der Waals surface area contributed by atoms with Gasteiger partial charge in [-0.1, -0.05) is 30.3 Å². The number of nitrogens with one attached hydrogen (secondary N) is 1. The summed E-state index contributed by atoms with van der Waals surface area (Å²) >= 11 is 0. The Balaban J connectivity index is 1.85. The van der Waals surface area contributed by atoms with Gasteiger partial charge in [-0.25, -0.2) is 4.98 Å². The van der Waals surface area contributed by atoms with E-state index in [-0.39, 0.29) is 17.4 Å². The summed E-state index contributed by atoms with van der Waals surface area (Å²) in [6, 6.07) is 11.4. The number of carbonyl (C=O) groups excluding carboxylic acids is 1. The largest absolute Gasteiger partial charge is 0.337 e. The number of aromatic nitrogens is 2. The van der Waals surface area contributed by atoms with Crippen LogP contribution in [0.15, 0.2) is 41.3 Å². The second kappa shape index (κ2) is 6.44. The number of hydrogen-bond donors (Lipinski definition) is 1. The number of H-pyrrole nitrogens is 1. The first-order chi connectivity index (χ1) is 11.2. The summed E-state index contributed by atoms with van der Waals surface area (Å²) in [5.41, 5.74) is 0.345. The van der Waals surface area contributed by atoms with Crippen molar-refractivity contribution in [3.8, 4) is 17.5 Å². The van der Waals surface area contributed by atoms with Crippen LogP contribution in [0.1, 0.15) is 23.2 Å². The maximum absolute atomic E-state index is 12.5. The Bertz CT molecular complexity index is 807. The van der Waals surface area contributed by atoms with E-state index in [0.29, 0.717) is 18.9 Å². The third-order valence-electron chi connectivity index (χ3n) is 3.97. The van der Waals surface area contributed by atoms with Gasteiger partial charge in [0, 0.05) is 24.8 Å². The first kappa shape index (κ1) is 15.0. The maximum Gasteiger partial charge on any atom is 0.264 e. The Labute approximate surface area is 133 Å². The number of likely N-dealkylation sites (tertiary alicyclic amines) is 1. The molecule has 0 radical (unpaired) electrons. The molecule has 6 heteroatoms. The zero-order valence-electron chi connectivity index (χ0n) is 12.5. The molecule has 116 valence electrons. The van der Waals surface area contributed by atoms with Crippen molar-refractivity contribution in [2.24, 2.45) is 5.92 Å². The summed E-state index contributed by atoms with van der Waals surface area (Å²) in [6.07, 6.45) is 2.89. The van der Waals surface area contributed by atoms with E-state index in [1.807, 2.05) is 30.3 Å². The normalized spacial score (nSPS) is 17.5. The number of amides is 1. The fourth-order valence-electron chi connectivity index (χ4n) is 2.73. The van der Waals surface area contributed by atoms with E-state index >= 15 is 0 Å². The smallest absolute Gasteiger partial charge is 0.264 e. The molecule has 1 aromatic heterocycles. The van der Waals surface area contributed by atoms with Crippen LogP contribution in [0.4, 0.5) is 0 Å². The molecule has 2 heterocycles. The molecular weight excluding hydrogens is 292 g/mol. The van der Waals surface area contributed by atoms with Crippen LogP contribution in [0.2, 0.25) is 0 Å². The second-order valence-corrected chi connectivity index (χ2v) is 5.56. The Kier molecular flexibility index (Phi) is 4.20. The lowest BCUT2D eigenvalue weighted by atomic mass is 9.99. The topological polar surface area (TPSA) is 89.8 Å². The average Bonchev–Trinajstić information content (AvgIpc) is 2.62. The second-order valence-electron chi connectivity index (χ2n) is 5.56. The van der Waals surface area contributed by atoms with Crippen LogP contribution < -0.4 is 5.56 Å². The Morgan fingerprint density at radius 1 is 1.35 bits per heavy atom. The van der Waals surface area contributed by atoms with Crippen LogP contribution in [-0.4, -0.2) is 33.9 Å². The van der Waals surface area contributed by atoms with E-state index in [0.717, 1.165) is 18.4 Å². The Morgan fingerprint density at radius 3 is 2.83 bits per heavy atom. The van der Waals surface area contributed by atoms with Gasteiger partial charge in [0.25, 0.3) is 11.5 Å². The van der Waals surface area contributed by atoms with Crippen molar-refractivity contribution in [3.05, 3.63) is 52.4 Å². The number of aromatic amines is 1. The zero-order valence-corrected chi connectivity index (χ0v) is 12.5. The minimum absolute atomic E-state index is 0.0169. The first-order valence-corrected chi connectivity index (χ1v) is 7.52. The lowest BCUT2D eigenvalue weighted by molar-refractivity contribution is 0.0696. The van der Waals surface area contributed by atoms with E-state index in [1.165, 1.54) is 6.20 Å². The number of nitriles is 1. The van der Waals surface area contributed by atoms with Crippen molar-refractivity contribution in [3.63, 3.8) is 0 Å². The highest BCUT2D eigenvalue weighted by Gasteiger charge is 2.26. The number of benzene rings is 1. The van der Waals surface area contributed by atoms with E-state index in [9.17, 15) is 9.59 Å². The van der Waals surface area contributed by atoms with Crippen LogP contribution in [0.5, 0.6) is 0 Å². The van der Waals surface area contributed by atoms with E-state index < -0.39 is 5.56 Å². The van der Waals surface area contributed by atoms with Gasteiger partial charge in [-0.3, -0.25) is 9.59 Å². The molecule has 0 saturated carbocycles. The number of carbonyl (C=O) groups is 1. The summed E-state index contributed by atoms with van der Waals surface area (Å²) in [7, 11) is 0. The minimum Gasteiger partial charge on any atom is -0.337 e. The standard InChI is InChI=1S/C17H16N4O2/c18-9-12-5-4-8-21(11-12)17(23)14-10-19-15(20-16(14)22)13-6-2-1-3-7-13/h1-3,6-7,10,12H,4-5,8,11H2,(H,19,20,22). The number of piperidine rings is 1. The van der Waals surface area contributed by atoms with E-state index in [4.69, 9.17) is 5.26 Å². The molecule has 1 saturated heterocycles. The van der Waals surface area contributed by atoms with Gasteiger partial charge in [0.05, 0.1) is 12.0 Å². The third-order valence-corrected chi connectivity index (χ3v) is 3.97. The average molecular weight is 308 g/mol. The molecule has 2 aromatic rings. The first-order valence-electron chi connectivity index (χ1n) is 7.52. The van der Waals surface area contributed by atoms with Crippen molar-refractivity contribution < 1.29 is 4.79 Å². The van der Waals surface area contributed by atoms with Gasteiger partial charge in [0.1, 0.15) is 11.4 Å². The number of nitrogens with zero attached hydrogens (tertiary/aromatic N) is 3. The van der Waals surface area contributed by atoms with Crippen LogP contribution in [0, 0.1) is 17.2 Å². The van der Waals surface area contributed by atoms with Gasteiger partial charge in [0.15, 0.2) is 0 Å². The molecule has 6 nitrogen and oxygen atoms in total. The zero-order chi connectivity index (χ0) is 16.2. The van der Waals surface area contributed by atoms with Gasteiger partial charge in [0.2, 0.25) is 0 Å². The quantitative estimate of drug-likeness (QED) is 0.916. The Hall–Kier alpha value is -2.94. The summed E-state index contributed by atoms with van der Waals surface area (Å²) in [4.78, 5) is 33.1. The molecule has 0 spiro atoms. The molecule has 0 aliphatic carbocycles. The highest BCUT2D eigenvalue weighted by Crippen LogP contribution is 2.17. The SMILES string of the molecule is N#CC1CCCN(C(=O)c2cnc(-c3ccccc3)[nH]c2=O)C1. The molecule has 3 rings (SSSR count). The summed E-state index contributed by atoms with van der Waals surface area (Å²) < 4.78 is 0. The van der Waals surface area contributed by atoms with Crippen LogP contribution >= 0.6 is 0 Å². The predicted octanol–water partition coefficient (Wildman–Crippen LogP) is 1.81. The maximum atomic E-state index is 12.5. The minimum atomic E-state index is -0.456. The number of hydrogen-bond acceptors (Lipinski definition) is 4. The molecule has 1 amide bonds. The highest BCUT2D eigenvalue weighted by molar-refractivity contribution is 5.93. The third kappa shape index (κ3) is 3.14. The van der Waals surface area contributed by atoms with Crippen molar-refractivity contribution in [2.45, 2.75) is 12.8 Å². The van der Waals surface area contributed by atoms with Crippen molar-refractivity contribution in [2.75, 3.05) is 13.1 Å². The molecule has 1 N–H and O–H groups in total. The monoisotopic (exact) mass is 308 g/mol. The highest BCUT2D eigenvalue weighted by atomic mass is 16.2. The summed E-state index contributed by atoms with van der Waals surface area (Å²) in [5, 5.41) is 9.01. The van der Waals surface area contributed by atoms with Crippen LogP contribution in [0.3, 0.4) is 0 Å². The lowest BCUT2D eigenvalue weighted by Gasteiger charge is -2.29. The molecule has 1 atom stereocenters. The molecule has 23 heavy (non-hydrogen) atoms.